The van der Waals surface area contributed by atoms with Crippen molar-refractivity contribution in [2.75, 3.05) is 0 Å². The normalized spacial score (nSPS) is 9.29. The van der Waals surface area contributed by atoms with Crippen LogP contribution in [0.3, 0.4) is 0 Å². The van der Waals surface area contributed by atoms with Gasteiger partial charge in [-0.3, -0.25) is 0 Å². The molecule has 0 radical (unpaired) electrons. The summed E-state index contributed by atoms with van der Waals surface area (Å²) >= 11 is 0. The fourth-order valence-corrected chi connectivity index (χ4v) is 2.39. The molecular weight excluding hydrogens is 412 g/mol. The van der Waals surface area contributed by atoms with Gasteiger partial charge in [0.25, 0.3) is 0 Å². The van der Waals surface area contributed by atoms with Crippen LogP contribution in [0.1, 0.15) is 132 Å². The van der Waals surface area contributed by atoms with Gasteiger partial charge >= 0.3 is 0 Å². The van der Waals surface area contributed by atoms with Crippen LogP contribution in [0.4, 0.5) is 0 Å². The summed E-state index contributed by atoms with van der Waals surface area (Å²) in [5.41, 5.74) is 7.73. The summed E-state index contributed by atoms with van der Waals surface area (Å²) in [6.45, 7) is 48.3. The highest BCUT2D eigenvalue weighted by atomic mass is 16.5. The highest BCUT2D eigenvalue weighted by Gasteiger charge is 2.16. The predicted octanol–water partition coefficient (Wildman–Crippen LogP) is 12.4. The maximum absolute atomic E-state index is 6.20. The Kier molecular flexibility index (Phi) is 44.3. The molecular formula is C33H64O. The van der Waals surface area contributed by atoms with Crippen LogP contribution in [0.2, 0.25) is 0 Å². The molecule has 1 unspecified atom stereocenters. The molecule has 0 spiro atoms. The van der Waals surface area contributed by atoms with Crippen molar-refractivity contribution in [3.8, 4) is 0 Å². The fourth-order valence-electron chi connectivity index (χ4n) is 2.39. The van der Waals surface area contributed by atoms with Crippen LogP contribution in [0.25, 0.3) is 0 Å². The van der Waals surface area contributed by atoms with E-state index in [9.17, 15) is 0 Å². The molecule has 0 amide bonds. The SMILES string of the molecule is C=C(C)C(=C)/C=C(/OC(C)c1c(C)ccc(C)c1C)C(=C)C.CC.CC.CC.CC.CC.CC. The van der Waals surface area contributed by atoms with Crippen LogP contribution in [0, 0.1) is 20.8 Å². The number of benzene rings is 1. The smallest absolute Gasteiger partial charge is 0.123 e. The lowest BCUT2D eigenvalue weighted by Crippen LogP contribution is -2.06. The van der Waals surface area contributed by atoms with Crippen molar-refractivity contribution in [3.63, 3.8) is 0 Å². The zero-order valence-electron chi connectivity index (χ0n) is 26.8. The second-order valence-corrected chi connectivity index (χ2v) is 6.09. The highest BCUT2D eigenvalue weighted by molar-refractivity contribution is 5.42. The number of aryl methyl sites for hydroxylation is 2. The summed E-state index contributed by atoms with van der Waals surface area (Å²) in [6, 6.07) is 4.30. The van der Waals surface area contributed by atoms with Gasteiger partial charge in [0, 0.05) is 0 Å². The molecule has 0 fully saturated rings. The number of rotatable bonds is 6. The lowest BCUT2D eigenvalue weighted by Gasteiger charge is -2.22. The van der Waals surface area contributed by atoms with Gasteiger partial charge in [-0.05, 0) is 81.0 Å². The Balaban J connectivity index is -0.000000141. The average molecular weight is 477 g/mol. The number of hydrogen-bond acceptors (Lipinski definition) is 1. The molecule has 1 atom stereocenters. The Morgan fingerprint density at radius 2 is 1.03 bits per heavy atom. The Hall–Kier alpha value is -2.02. The van der Waals surface area contributed by atoms with Gasteiger partial charge in [0.15, 0.2) is 0 Å². The monoisotopic (exact) mass is 476 g/mol. The van der Waals surface area contributed by atoms with E-state index in [2.05, 4.69) is 59.6 Å². The van der Waals surface area contributed by atoms with Crippen molar-refractivity contribution in [3.05, 3.63) is 82.7 Å². The minimum absolute atomic E-state index is 0.0410. The first kappa shape index (κ1) is 45.5. The molecule has 0 saturated carbocycles. The van der Waals surface area contributed by atoms with Crippen LogP contribution in [0.15, 0.2) is 60.4 Å². The number of ether oxygens (including phenoxy) is 1. The molecule has 202 valence electrons. The lowest BCUT2D eigenvalue weighted by molar-refractivity contribution is 0.138. The first-order chi connectivity index (χ1) is 16.1. The Labute approximate surface area is 218 Å². The summed E-state index contributed by atoms with van der Waals surface area (Å²) in [4.78, 5) is 0. The third-order valence-electron chi connectivity index (χ3n) is 3.99. The maximum atomic E-state index is 6.20. The average Bonchev–Trinajstić information content (AvgIpc) is 2.88. The Morgan fingerprint density at radius 3 is 1.35 bits per heavy atom. The summed E-state index contributed by atoms with van der Waals surface area (Å²) in [5.74, 6) is 0.765. The molecule has 1 heteroatoms. The van der Waals surface area contributed by atoms with Gasteiger partial charge in [0.1, 0.15) is 11.9 Å². The molecule has 0 aliphatic heterocycles. The molecule has 0 aliphatic rings. The molecule has 0 aliphatic carbocycles. The molecule has 0 bridgehead atoms. The molecule has 0 heterocycles. The van der Waals surface area contributed by atoms with E-state index in [-0.39, 0.29) is 6.10 Å². The second-order valence-electron chi connectivity index (χ2n) is 6.09. The third-order valence-corrected chi connectivity index (χ3v) is 3.99. The summed E-state index contributed by atoms with van der Waals surface area (Å²) in [7, 11) is 0. The molecule has 0 aromatic heterocycles. The third kappa shape index (κ3) is 20.6. The summed E-state index contributed by atoms with van der Waals surface area (Å²) in [5, 5.41) is 0. The van der Waals surface area contributed by atoms with Crippen molar-refractivity contribution in [2.45, 2.75) is 131 Å². The molecule has 34 heavy (non-hydrogen) atoms. The zero-order valence-corrected chi connectivity index (χ0v) is 26.8. The molecule has 1 rings (SSSR count). The van der Waals surface area contributed by atoms with Crippen molar-refractivity contribution in [1.29, 1.82) is 0 Å². The van der Waals surface area contributed by atoms with Crippen LogP contribution >= 0.6 is 0 Å². The quantitative estimate of drug-likeness (QED) is 0.293. The van der Waals surface area contributed by atoms with Crippen LogP contribution in [-0.2, 0) is 4.74 Å². The number of allylic oxidation sites excluding steroid dienone is 4. The van der Waals surface area contributed by atoms with Crippen LogP contribution in [0.5, 0.6) is 0 Å². The van der Waals surface area contributed by atoms with Gasteiger partial charge < -0.3 is 4.74 Å². The molecule has 0 saturated heterocycles. The molecule has 1 aromatic carbocycles. The van der Waals surface area contributed by atoms with Gasteiger partial charge in [0.05, 0.1) is 0 Å². The van der Waals surface area contributed by atoms with Gasteiger partial charge in [-0.15, -0.1) is 0 Å². The molecule has 1 nitrogen and oxygen atoms in total. The lowest BCUT2D eigenvalue weighted by atomic mass is 9.95. The Bertz CT molecular complexity index is 645. The van der Waals surface area contributed by atoms with E-state index >= 15 is 0 Å². The van der Waals surface area contributed by atoms with E-state index in [1.165, 1.54) is 22.3 Å². The standard InChI is InChI=1S/C21H28O.6C2H6/c1-13(2)17(7)12-20(14(3)4)22-19(9)21-16(6)11-10-15(5)18(21)8;6*1-2/h10-12,19H,1,3,7H2,2,4-6,8-9H3;6*1-2H3/b20-12+;;;;;;. The van der Waals surface area contributed by atoms with E-state index in [4.69, 9.17) is 4.74 Å². The first-order valence-electron chi connectivity index (χ1n) is 13.6. The predicted molar refractivity (Wildman–Crippen MR) is 165 cm³/mol. The van der Waals surface area contributed by atoms with Crippen LogP contribution in [-0.4, -0.2) is 0 Å². The highest BCUT2D eigenvalue weighted by Crippen LogP contribution is 2.30. The van der Waals surface area contributed by atoms with Gasteiger partial charge in [-0.2, -0.15) is 0 Å². The van der Waals surface area contributed by atoms with E-state index in [0.29, 0.717) is 0 Å². The van der Waals surface area contributed by atoms with Crippen LogP contribution < -0.4 is 0 Å². The van der Waals surface area contributed by atoms with Crippen molar-refractivity contribution < 1.29 is 4.74 Å². The van der Waals surface area contributed by atoms with Gasteiger partial charge in [-0.1, -0.05) is 121 Å². The van der Waals surface area contributed by atoms with Gasteiger partial charge in [-0.25, -0.2) is 0 Å². The largest absolute Gasteiger partial charge is 0.486 e. The van der Waals surface area contributed by atoms with Crippen molar-refractivity contribution in [1.82, 2.24) is 0 Å². The van der Waals surface area contributed by atoms with E-state index in [1.807, 2.05) is 103 Å². The molecule has 0 N–H and O–H groups in total. The topological polar surface area (TPSA) is 9.23 Å². The fraction of sp³-hybridized carbons (Fsp3) is 0.576. The van der Waals surface area contributed by atoms with Crippen molar-refractivity contribution >= 4 is 0 Å². The maximum Gasteiger partial charge on any atom is 0.123 e. The van der Waals surface area contributed by atoms with E-state index < -0.39 is 0 Å². The number of hydrogen-bond donors (Lipinski definition) is 0. The second kappa shape index (κ2) is 33.2. The molecule has 1 aromatic rings. The van der Waals surface area contributed by atoms with E-state index in [0.717, 1.165) is 22.5 Å². The van der Waals surface area contributed by atoms with Gasteiger partial charge in [0.2, 0.25) is 0 Å². The van der Waals surface area contributed by atoms with Crippen molar-refractivity contribution in [2.24, 2.45) is 0 Å². The first-order valence-corrected chi connectivity index (χ1v) is 13.6. The summed E-state index contributed by atoms with van der Waals surface area (Å²) < 4.78 is 6.20. The van der Waals surface area contributed by atoms with E-state index in [1.54, 1.807) is 0 Å². The zero-order chi connectivity index (χ0) is 29.0. The summed E-state index contributed by atoms with van der Waals surface area (Å²) in [6.07, 6.45) is 1.88. The Morgan fingerprint density at radius 1 is 0.676 bits per heavy atom. The minimum atomic E-state index is -0.0410. The minimum Gasteiger partial charge on any atom is -0.486 e.